The fourth-order valence-corrected chi connectivity index (χ4v) is 4.72. The topological polar surface area (TPSA) is 107 Å². The summed E-state index contributed by atoms with van der Waals surface area (Å²) < 4.78 is 47.9. The van der Waals surface area contributed by atoms with Gasteiger partial charge in [-0.3, -0.25) is 25.2 Å². The van der Waals surface area contributed by atoms with Gasteiger partial charge in [0, 0.05) is 50.5 Å². The van der Waals surface area contributed by atoms with Crippen molar-refractivity contribution in [3.05, 3.63) is 83.8 Å². The lowest BCUT2D eigenvalue weighted by atomic mass is 10.1. The van der Waals surface area contributed by atoms with Crippen LogP contribution in [0.3, 0.4) is 0 Å². The van der Waals surface area contributed by atoms with Crippen LogP contribution in [0.1, 0.15) is 42.3 Å². The van der Waals surface area contributed by atoms with Crippen molar-refractivity contribution in [1.82, 2.24) is 25.0 Å². The van der Waals surface area contributed by atoms with Gasteiger partial charge in [-0.1, -0.05) is 0 Å². The van der Waals surface area contributed by atoms with Crippen LogP contribution in [-0.4, -0.2) is 68.8 Å². The lowest BCUT2D eigenvalue weighted by Gasteiger charge is -2.35. The number of rotatable bonds is 6. The Labute approximate surface area is 246 Å². The monoisotopic (exact) mass is 595 g/mol. The lowest BCUT2D eigenvalue weighted by Crippen LogP contribution is -2.49. The molecule has 0 radical (unpaired) electrons. The Morgan fingerprint density at radius 2 is 1.79 bits per heavy atom. The smallest absolute Gasteiger partial charge is 0.416 e. The van der Waals surface area contributed by atoms with E-state index in [0.29, 0.717) is 42.9 Å². The summed E-state index contributed by atoms with van der Waals surface area (Å²) in [5.74, 6) is -0.589. The number of hydrazine groups is 1. The Kier molecular flexibility index (Phi) is 8.27. The number of nitrogens with one attached hydrogen (secondary N) is 2. The highest BCUT2D eigenvalue weighted by molar-refractivity contribution is 6.07. The number of piperazine rings is 1. The van der Waals surface area contributed by atoms with E-state index >= 15 is 0 Å². The Morgan fingerprint density at radius 3 is 2.47 bits per heavy atom. The number of halogens is 3. The number of amides is 2. The van der Waals surface area contributed by atoms with Crippen molar-refractivity contribution in [2.24, 2.45) is 0 Å². The molecule has 2 N–H and O–H groups in total. The van der Waals surface area contributed by atoms with Crippen molar-refractivity contribution in [1.29, 1.82) is 0 Å². The number of nitrogens with zero attached hydrogens (tertiary/aromatic N) is 5. The maximum Gasteiger partial charge on any atom is 0.416 e. The summed E-state index contributed by atoms with van der Waals surface area (Å²) in [5.41, 5.74) is 3.20. The fourth-order valence-electron chi connectivity index (χ4n) is 4.72. The standard InChI is InChI=1S/C30H32F3N7O3/c1-29(2,3)43-28(42)39-11-9-38(10-12-39)19-20-13-23(30(31,32)33)15-25(14-20)40(27(41)22-5-4-8-34-17-22)37-24-7-6-21-18-35-36-26(21)16-24/h4-8,13-18,37H,9-12,19H2,1-3H3,(H,35,36). The van der Waals surface area contributed by atoms with Crippen molar-refractivity contribution < 1.29 is 27.5 Å². The van der Waals surface area contributed by atoms with E-state index in [9.17, 15) is 22.8 Å². The molecule has 1 aliphatic rings. The molecule has 1 aliphatic heterocycles. The van der Waals surface area contributed by atoms with Gasteiger partial charge in [-0.25, -0.2) is 9.80 Å². The largest absolute Gasteiger partial charge is 0.444 e. The Morgan fingerprint density at radius 1 is 1.02 bits per heavy atom. The molecule has 0 spiro atoms. The molecule has 226 valence electrons. The Bertz CT molecular complexity index is 1590. The molecular formula is C30H32F3N7O3. The lowest BCUT2D eigenvalue weighted by molar-refractivity contribution is -0.137. The van der Waals surface area contributed by atoms with Crippen LogP contribution >= 0.6 is 0 Å². The second-order valence-corrected chi connectivity index (χ2v) is 11.3. The van der Waals surface area contributed by atoms with E-state index < -0.39 is 29.3 Å². The first-order valence-corrected chi connectivity index (χ1v) is 13.7. The van der Waals surface area contributed by atoms with Gasteiger partial charge < -0.3 is 9.64 Å². The van der Waals surface area contributed by atoms with E-state index in [1.807, 2.05) is 4.90 Å². The zero-order chi connectivity index (χ0) is 30.8. The van der Waals surface area contributed by atoms with Gasteiger partial charge in [0.15, 0.2) is 0 Å². The Hall–Kier alpha value is -4.65. The predicted molar refractivity (Wildman–Crippen MR) is 155 cm³/mol. The summed E-state index contributed by atoms with van der Waals surface area (Å²) in [6.45, 7) is 7.22. The minimum absolute atomic E-state index is 0.00998. The quantitative estimate of drug-likeness (QED) is 0.275. The van der Waals surface area contributed by atoms with Crippen LogP contribution in [0, 0.1) is 0 Å². The molecule has 2 aromatic carbocycles. The molecule has 0 saturated carbocycles. The van der Waals surface area contributed by atoms with Crippen molar-refractivity contribution >= 4 is 34.3 Å². The third-order valence-corrected chi connectivity index (χ3v) is 6.79. The highest BCUT2D eigenvalue weighted by Crippen LogP contribution is 2.34. The number of anilines is 2. The minimum atomic E-state index is -4.65. The van der Waals surface area contributed by atoms with Crippen LogP contribution in [0.5, 0.6) is 0 Å². The van der Waals surface area contributed by atoms with E-state index in [4.69, 9.17) is 4.74 Å². The molecule has 1 saturated heterocycles. The number of pyridine rings is 1. The average molecular weight is 596 g/mol. The molecule has 0 atom stereocenters. The van der Waals surface area contributed by atoms with Gasteiger partial charge in [0.05, 0.1) is 34.2 Å². The number of hydrogen-bond donors (Lipinski definition) is 2. The van der Waals surface area contributed by atoms with E-state index in [0.717, 1.165) is 22.5 Å². The van der Waals surface area contributed by atoms with Crippen molar-refractivity contribution in [3.8, 4) is 0 Å². The van der Waals surface area contributed by atoms with Gasteiger partial charge in [-0.15, -0.1) is 0 Å². The third-order valence-electron chi connectivity index (χ3n) is 6.79. The molecule has 0 unspecified atom stereocenters. The molecule has 43 heavy (non-hydrogen) atoms. The molecule has 2 aromatic heterocycles. The van der Waals surface area contributed by atoms with Crippen LogP contribution in [0.25, 0.3) is 10.9 Å². The highest BCUT2D eigenvalue weighted by atomic mass is 19.4. The highest BCUT2D eigenvalue weighted by Gasteiger charge is 2.33. The van der Waals surface area contributed by atoms with Crippen LogP contribution in [0.4, 0.5) is 29.3 Å². The summed E-state index contributed by atoms with van der Waals surface area (Å²) in [6.07, 6.45) is -0.570. The molecule has 10 nitrogen and oxygen atoms in total. The second kappa shape index (κ2) is 11.9. The number of H-pyrrole nitrogens is 1. The number of hydrogen-bond acceptors (Lipinski definition) is 7. The van der Waals surface area contributed by atoms with Crippen molar-refractivity contribution in [2.75, 3.05) is 36.6 Å². The summed E-state index contributed by atoms with van der Waals surface area (Å²) in [6, 6.07) is 11.9. The van der Waals surface area contributed by atoms with Gasteiger partial charge in [-0.2, -0.15) is 18.3 Å². The number of aromatic amines is 1. The average Bonchev–Trinajstić information content (AvgIpc) is 3.43. The molecule has 3 heterocycles. The maximum absolute atomic E-state index is 14.1. The van der Waals surface area contributed by atoms with Crippen LogP contribution < -0.4 is 10.4 Å². The first-order chi connectivity index (χ1) is 20.4. The number of carbonyl (C=O) groups excluding carboxylic acids is 2. The molecular weight excluding hydrogens is 563 g/mol. The van der Waals surface area contributed by atoms with E-state index in [1.54, 1.807) is 68.3 Å². The molecule has 0 aliphatic carbocycles. The van der Waals surface area contributed by atoms with E-state index in [2.05, 4.69) is 20.6 Å². The zero-order valence-electron chi connectivity index (χ0n) is 24.0. The fraction of sp³-hybridized carbons (Fsp3) is 0.333. The van der Waals surface area contributed by atoms with Gasteiger partial charge in [0.2, 0.25) is 0 Å². The zero-order valence-corrected chi connectivity index (χ0v) is 24.0. The third kappa shape index (κ3) is 7.41. The number of benzene rings is 2. The number of fused-ring (bicyclic) bond motifs is 1. The second-order valence-electron chi connectivity index (χ2n) is 11.3. The molecule has 0 bridgehead atoms. The van der Waals surface area contributed by atoms with Gasteiger partial charge in [0.1, 0.15) is 5.60 Å². The first-order valence-electron chi connectivity index (χ1n) is 13.7. The van der Waals surface area contributed by atoms with Crippen LogP contribution in [-0.2, 0) is 17.5 Å². The minimum Gasteiger partial charge on any atom is -0.444 e. The SMILES string of the molecule is CC(C)(C)OC(=O)N1CCN(Cc2cc(N(Nc3ccc4cn[nH]c4c3)C(=O)c3cccnc3)cc(C(F)(F)F)c2)CC1. The Balaban J connectivity index is 1.44. The van der Waals surface area contributed by atoms with E-state index in [1.165, 1.54) is 12.4 Å². The van der Waals surface area contributed by atoms with Crippen LogP contribution in [0.2, 0.25) is 0 Å². The summed E-state index contributed by atoms with van der Waals surface area (Å²) in [7, 11) is 0. The predicted octanol–water partition coefficient (Wildman–Crippen LogP) is 5.70. The molecule has 2 amide bonds. The number of alkyl halides is 3. The molecule has 1 fully saturated rings. The molecule has 5 rings (SSSR count). The summed E-state index contributed by atoms with van der Waals surface area (Å²) in [4.78, 5) is 33.7. The summed E-state index contributed by atoms with van der Waals surface area (Å²) >= 11 is 0. The van der Waals surface area contributed by atoms with E-state index in [-0.39, 0.29) is 17.8 Å². The number of carbonyl (C=O) groups is 2. The number of ether oxygens (including phenoxy) is 1. The molecule has 13 heteroatoms. The van der Waals surface area contributed by atoms with Crippen molar-refractivity contribution in [2.45, 2.75) is 39.1 Å². The summed E-state index contributed by atoms with van der Waals surface area (Å²) in [5, 5.41) is 8.77. The van der Waals surface area contributed by atoms with Gasteiger partial charge in [-0.05, 0) is 74.9 Å². The first kappa shape index (κ1) is 29.8. The molecule has 4 aromatic rings. The van der Waals surface area contributed by atoms with Gasteiger partial charge >= 0.3 is 12.3 Å². The van der Waals surface area contributed by atoms with Crippen LogP contribution in [0.15, 0.2) is 67.1 Å². The number of aromatic nitrogens is 3. The van der Waals surface area contributed by atoms with Crippen molar-refractivity contribution in [3.63, 3.8) is 0 Å². The maximum atomic E-state index is 14.1. The van der Waals surface area contributed by atoms with Gasteiger partial charge in [0.25, 0.3) is 5.91 Å². The normalized spacial score (nSPS) is 14.5.